The summed E-state index contributed by atoms with van der Waals surface area (Å²) in [5.41, 5.74) is 7.85. The van der Waals surface area contributed by atoms with Gasteiger partial charge in [0.15, 0.2) is 5.78 Å². The fraction of sp³-hybridized carbons (Fsp3) is 0.611. The molecule has 0 amide bonds. The molecule has 226 valence electrons. The molecular weight excluding hydrogens is 526 g/mol. The average molecular weight is 574 g/mol. The van der Waals surface area contributed by atoms with Gasteiger partial charge < -0.3 is 20.7 Å². The van der Waals surface area contributed by atoms with Crippen LogP contribution in [0.25, 0.3) is 16.3 Å². The summed E-state index contributed by atoms with van der Waals surface area (Å²) in [6.07, 6.45) is 3.05. The van der Waals surface area contributed by atoms with E-state index in [4.69, 9.17) is 10.5 Å². The van der Waals surface area contributed by atoms with Crippen molar-refractivity contribution in [2.75, 3.05) is 6.54 Å². The van der Waals surface area contributed by atoms with Gasteiger partial charge in [0.2, 0.25) is 0 Å². The van der Waals surface area contributed by atoms with E-state index in [-0.39, 0.29) is 51.7 Å². The molecule has 6 nitrogen and oxygen atoms in total. The number of esters is 1. The van der Waals surface area contributed by atoms with Crippen molar-refractivity contribution in [2.45, 2.75) is 91.5 Å². The Labute approximate surface area is 249 Å². The third-order valence-corrected chi connectivity index (χ3v) is 12.7. The molecule has 0 radical (unpaired) electrons. The summed E-state index contributed by atoms with van der Waals surface area (Å²) in [7, 11) is 0. The molecule has 0 unspecified atom stereocenters. The topological polar surface area (TPSA) is 110 Å². The van der Waals surface area contributed by atoms with Gasteiger partial charge in [-0.2, -0.15) is 0 Å². The maximum atomic E-state index is 13.6. The fourth-order valence-corrected chi connectivity index (χ4v) is 10.9. The Balaban J connectivity index is 1.51. The van der Waals surface area contributed by atoms with Crippen LogP contribution in [0, 0.1) is 39.9 Å². The highest BCUT2D eigenvalue weighted by molar-refractivity contribution is 6.21. The number of allylic oxidation sites excluding steroid dienone is 1. The van der Waals surface area contributed by atoms with Crippen molar-refractivity contribution in [3.8, 4) is 0 Å². The van der Waals surface area contributed by atoms with Crippen molar-refractivity contribution >= 4 is 28.1 Å². The Hall–Kier alpha value is -2.54. The minimum absolute atomic E-state index is 0.0188. The second-order valence-electron chi connectivity index (χ2n) is 14.6. The van der Waals surface area contributed by atoms with Gasteiger partial charge >= 0.3 is 5.97 Å². The number of benzene rings is 2. The van der Waals surface area contributed by atoms with E-state index in [1.54, 1.807) is 6.92 Å². The Bertz CT molecular complexity index is 1450. The average Bonchev–Trinajstić information content (AvgIpc) is 3.20. The number of ether oxygens (including phenoxy) is 1. The Morgan fingerprint density at radius 2 is 1.67 bits per heavy atom. The lowest BCUT2D eigenvalue weighted by atomic mass is 9.36. The van der Waals surface area contributed by atoms with Crippen LogP contribution in [0.4, 0.5) is 0 Å². The smallest absolute Gasteiger partial charge is 0.303 e. The summed E-state index contributed by atoms with van der Waals surface area (Å²) in [5.74, 6) is -0.202. The fourth-order valence-electron chi connectivity index (χ4n) is 10.9. The van der Waals surface area contributed by atoms with Gasteiger partial charge in [0, 0.05) is 18.4 Å². The van der Waals surface area contributed by atoms with Gasteiger partial charge in [-0.1, -0.05) is 57.2 Å². The molecule has 10 atom stereocenters. The first-order valence-electron chi connectivity index (χ1n) is 15.8. The number of aliphatic hydroxyl groups excluding tert-OH is 2. The van der Waals surface area contributed by atoms with Crippen LogP contribution in [0.5, 0.6) is 0 Å². The number of hydrogen-bond acceptors (Lipinski definition) is 6. The van der Waals surface area contributed by atoms with Gasteiger partial charge in [-0.05, 0) is 114 Å². The lowest BCUT2D eigenvalue weighted by molar-refractivity contribution is -0.234. The number of ketones is 1. The first kappa shape index (κ1) is 29.5. The number of hydrogen-bond donors (Lipinski definition) is 3. The number of rotatable bonds is 4. The predicted molar refractivity (Wildman–Crippen MR) is 164 cm³/mol. The van der Waals surface area contributed by atoms with Gasteiger partial charge in [0.05, 0.1) is 12.2 Å². The Morgan fingerprint density at radius 3 is 2.33 bits per heavy atom. The van der Waals surface area contributed by atoms with Gasteiger partial charge in [0.25, 0.3) is 0 Å². The maximum Gasteiger partial charge on any atom is 0.303 e. The summed E-state index contributed by atoms with van der Waals surface area (Å²) in [6, 6.07) is 14.2. The third-order valence-electron chi connectivity index (χ3n) is 12.7. The van der Waals surface area contributed by atoms with E-state index in [9.17, 15) is 19.8 Å². The largest absolute Gasteiger partial charge is 0.458 e. The number of carbonyl (C=O) groups is 2. The zero-order valence-electron chi connectivity index (χ0n) is 25.7. The van der Waals surface area contributed by atoms with Crippen LogP contribution in [0.1, 0.15) is 78.7 Å². The number of Topliss-reactive ketones (excluding diaryl/α,β-unsaturated/α-hetero) is 1. The van der Waals surface area contributed by atoms with Gasteiger partial charge in [0.1, 0.15) is 6.10 Å². The lowest BCUT2D eigenvalue weighted by Crippen LogP contribution is -2.66. The molecule has 0 heterocycles. The van der Waals surface area contributed by atoms with E-state index in [2.05, 4.69) is 39.0 Å². The number of aliphatic hydroxyl groups is 2. The van der Waals surface area contributed by atoms with Crippen LogP contribution >= 0.6 is 0 Å². The standard InChI is InChI=1S/C36H47NO5/c1-20(38)31(24-11-10-22-8-6-7-9-23(22)16-24)32-27-17-29(41)33-34(3)14-13-28(40)25(19-37)26(34)12-15-35(33,4)36(27,5)18-30(32)42-21(2)39/h6-11,16,25-30,33,40-41H,12-15,17-19,37H2,1-5H3/b32-31+/t25-,26-,27-,28+,29+,30-,33-,34-,35-,36-/m0/s1. The quantitative estimate of drug-likeness (QED) is 0.321. The molecule has 6 rings (SSSR count). The highest BCUT2D eigenvalue weighted by Gasteiger charge is 2.71. The van der Waals surface area contributed by atoms with Crippen molar-refractivity contribution in [1.82, 2.24) is 0 Å². The van der Waals surface area contributed by atoms with E-state index in [1.165, 1.54) is 6.92 Å². The Kier molecular flexibility index (Phi) is 7.23. The van der Waals surface area contributed by atoms with Crippen LogP contribution < -0.4 is 5.73 Å². The third kappa shape index (κ3) is 4.16. The van der Waals surface area contributed by atoms with Crippen molar-refractivity contribution in [2.24, 2.45) is 45.7 Å². The molecule has 2 aromatic carbocycles. The number of nitrogens with two attached hydrogens (primary N) is 1. The summed E-state index contributed by atoms with van der Waals surface area (Å²) >= 11 is 0. The van der Waals surface area contributed by atoms with E-state index in [0.29, 0.717) is 31.4 Å². The molecule has 0 aromatic heterocycles. The van der Waals surface area contributed by atoms with Crippen molar-refractivity contribution in [3.05, 3.63) is 53.6 Å². The normalized spacial score (nSPS) is 42.3. The zero-order chi connectivity index (χ0) is 30.2. The molecule has 4 aliphatic carbocycles. The Morgan fingerprint density at radius 1 is 0.952 bits per heavy atom. The molecular formula is C36H47NO5. The van der Waals surface area contributed by atoms with Gasteiger partial charge in [-0.25, -0.2) is 0 Å². The summed E-state index contributed by atoms with van der Waals surface area (Å²) < 4.78 is 6.08. The van der Waals surface area contributed by atoms with Crippen LogP contribution in [-0.2, 0) is 14.3 Å². The van der Waals surface area contributed by atoms with Crippen LogP contribution in [0.2, 0.25) is 0 Å². The van der Waals surface area contributed by atoms with Crippen LogP contribution in [0.15, 0.2) is 48.0 Å². The van der Waals surface area contributed by atoms with E-state index < -0.39 is 18.3 Å². The van der Waals surface area contributed by atoms with Crippen molar-refractivity contribution in [1.29, 1.82) is 0 Å². The summed E-state index contributed by atoms with van der Waals surface area (Å²) in [6.45, 7) is 10.5. The van der Waals surface area contributed by atoms with Crippen molar-refractivity contribution < 1.29 is 24.5 Å². The molecule has 4 saturated carbocycles. The molecule has 42 heavy (non-hydrogen) atoms. The van der Waals surface area contributed by atoms with E-state index >= 15 is 0 Å². The molecule has 0 spiro atoms. The van der Waals surface area contributed by atoms with E-state index in [0.717, 1.165) is 41.2 Å². The SMILES string of the molecule is CC(=O)O[C@H]1C[C@@]2(C)[C@@H](C[C@@H](O)[C@H]3[C@@]4(C)CC[C@@H](O)[C@@H](CN)[C@@H]4CC[C@@]32C)/C1=C(/C(C)=O)c1ccc2ccccc2c1. The zero-order valence-corrected chi connectivity index (χ0v) is 25.7. The monoisotopic (exact) mass is 573 g/mol. The van der Waals surface area contributed by atoms with Crippen LogP contribution in [0.3, 0.4) is 0 Å². The maximum absolute atomic E-state index is 13.6. The molecule has 0 bridgehead atoms. The highest BCUT2D eigenvalue weighted by atomic mass is 16.5. The van der Waals surface area contributed by atoms with Gasteiger partial charge in [-0.3, -0.25) is 9.59 Å². The van der Waals surface area contributed by atoms with E-state index in [1.807, 2.05) is 24.3 Å². The molecule has 4 aliphatic rings. The number of fused-ring (bicyclic) bond motifs is 6. The first-order chi connectivity index (χ1) is 19.9. The molecule has 4 fully saturated rings. The van der Waals surface area contributed by atoms with Gasteiger partial charge in [-0.15, -0.1) is 0 Å². The summed E-state index contributed by atoms with van der Waals surface area (Å²) in [4.78, 5) is 26.1. The van der Waals surface area contributed by atoms with Crippen molar-refractivity contribution in [3.63, 3.8) is 0 Å². The van der Waals surface area contributed by atoms with Crippen LogP contribution in [-0.4, -0.2) is 46.8 Å². The molecule has 6 heteroatoms. The highest BCUT2D eigenvalue weighted by Crippen LogP contribution is 2.74. The second kappa shape index (κ2) is 10.3. The molecule has 0 aliphatic heterocycles. The molecule has 0 saturated heterocycles. The first-order valence-corrected chi connectivity index (χ1v) is 15.8. The second-order valence-corrected chi connectivity index (χ2v) is 14.6. The minimum Gasteiger partial charge on any atom is -0.458 e. The number of carbonyl (C=O) groups excluding carboxylic acids is 2. The predicted octanol–water partition coefficient (Wildman–Crippen LogP) is 5.67. The molecule has 4 N–H and O–H groups in total. The lowest BCUT2D eigenvalue weighted by Gasteiger charge is -2.69. The summed E-state index contributed by atoms with van der Waals surface area (Å²) in [5, 5.41) is 25.2. The molecule has 2 aromatic rings. The minimum atomic E-state index is -0.578.